The maximum Gasteiger partial charge on any atom is 0.233 e. The average Bonchev–Trinajstić information content (AvgIpc) is 3.01. The summed E-state index contributed by atoms with van der Waals surface area (Å²) in [7, 11) is 0. The van der Waals surface area contributed by atoms with Crippen LogP contribution in [0.15, 0.2) is 97.1 Å². The molecule has 1 heterocycles. The van der Waals surface area contributed by atoms with E-state index in [2.05, 4.69) is 9.97 Å². The lowest BCUT2D eigenvalue weighted by Crippen LogP contribution is -2.14. The Kier molecular flexibility index (Phi) is 10.0. The number of hydrogen-bond donors (Lipinski definition) is 0. The Labute approximate surface area is 261 Å². The molecule has 0 N–H and O–H groups in total. The summed E-state index contributed by atoms with van der Waals surface area (Å²) >= 11 is 23.3. The van der Waals surface area contributed by atoms with Crippen LogP contribution < -0.4 is 0 Å². The smallest absolute Gasteiger partial charge is 0.233 e. The van der Waals surface area contributed by atoms with Crippen LogP contribution in [0.5, 0.6) is 0 Å². The highest BCUT2D eigenvalue weighted by Gasteiger charge is 2.18. The highest BCUT2D eigenvalue weighted by atomic mass is 35.5. The summed E-state index contributed by atoms with van der Waals surface area (Å²) in [5.74, 6) is -1.12. The van der Waals surface area contributed by atoms with Crippen molar-refractivity contribution in [1.82, 2.24) is 9.97 Å². The van der Waals surface area contributed by atoms with E-state index in [1.807, 2.05) is 12.1 Å². The van der Waals surface area contributed by atoms with E-state index in [9.17, 15) is 20.1 Å². The molecular formula is C32H16Cl4N4O2. The lowest BCUT2D eigenvalue weighted by atomic mass is 10.0. The Balaban J connectivity index is 0.000000201. The molecule has 0 bridgehead atoms. The number of aromatic nitrogens is 2. The van der Waals surface area contributed by atoms with E-state index >= 15 is 0 Å². The van der Waals surface area contributed by atoms with Crippen molar-refractivity contribution in [3.8, 4) is 34.7 Å². The number of Topliss-reactive ketones (excluding diaryl/α,β-unsaturated/α-hetero) is 2. The van der Waals surface area contributed by atoms with Crippen molar-refractivity contribution in [3.63, 3.8) is 0 Å². The van der Waals surface area contributed by atoms with Crippen LogP contribution in [0, 0.1) is 22.7 Å². The van der Waals surface area contributed by atoms with Gasteiger partial charge < -0.3 is 0 Å². The van der Waals surface area contributed by atoms with Crippen molar-refractivity contribution < 1.29 is 9.59 Å². The van der Waals surface area contributed by atoms with E-state index in [0.717, 1.165) is 11.1 Å². The minimum Gasteiger partial charge on any atom is -0.285 e. The molecule has 0 unspecified atom stereocenters. The van der Waals surface area contributed by atoms with Gasteiger partial charge in [0.15, 0.2) is 11.4 Å². The lowest BCUT2D eigenvalue weighted by molar-refractivity contribution is 0.0817. The van der Waals surface area contributed by atoms with Gasteiger partial charge in [-0.25, -0.2) is 9.97 Å². The normalized spacial score (nSPS) is 10.0. The topological polar surface area (TPSA) is 108 Å². The second-order valence-electron chi connectivity index (χ2n) is 8.53. The zero-order valence-corrected chi connectivity index (χ0v) is 24.4. The predicted molar refractivity (Wildman–Crippen MR) is 164 cm³/mol. The molecule has 10 heteroatoms. The van der Waals surface area contributed by atoms with E-state index in [0.29, 0.717) is 42.6 Å². The zero-order chi connectivity index (χ0) is 30.2. The zero-order valence-electron chi connectivity index (χ0n) is 21.4. The van der Waals surface area contributed by atoms with E-state index in [4.69, 9.17) is 46.4 Å². The van der Waals surface area contributed by atoms with Gasteiger partial charge in [0.2, 0.25) is 11.6 Å². The molecule has 42 heavy (non-hydrogen) atoms. The summed E-state index contributed by atoms with van der Waals surface area (Å²) in [5, 5.41) is 20.7. The van der Waals surface area contributed by atoms with Gasteiger partial charge in [-0.05, 0) is 72.8 Å². The molecule has 0 saturated heterocycles. The standard InChI is InChI=1S/C18H8Cl2N4.C14H8Cl2O2/c19-13-5-1-11(2-6-13)17-18(12-3-7-14(20)8-4-12)24-16(10-22)15(9-21)23-17;15-11-5-1-9(2-6-11)13(17)14(18)10-3-7-12(16)8-4-10/h1-8H;1-8H. The van der Waals surface area contributed by atoms with Crippen molar-refractivity contribution in [2.45, 2.75) is 0 Å². The number of nitriles is 2. The highest BCUT2D eigenvalue weighted by Crippen LogP contribution is 2.31. The van der Waals surface area contributed by atoms with Gasteiger partial charge in [0.1, 0.15) is 12.1 Å². The van der Waals surface area contributed by atoms with Crippen molar-refractivity contribution in [2.24, 2.45) is 0 Å². The van der Waals surface area contributed by atoms with Crippen molar-refractivity contribution in [1.29, 1.82) is 10.5 Å². The number of hydrogen-bond acceptors (Lipinski definition) is 6. The molecule has 0 saturated carbocycles. The maximum absolute atomic E-state index is 11.9. The van der Waals surface area contributed by atoms with E-state index < -0.39 is 11.6 Å². The van der Waals surface area contributed by atoms with Crippen molar-refractivity contribution >= 4 is 58.0 Å². The fourth-order valence-corrected chi connectivity index (χ4v) is 4.18. The Bertz CT molecular complexity index is 1710. The van der Waals surface area contributed by atoms with Crippen molar-refractivity contribution in [3.05, 3.63) is 140 Å². The molecule has 4 aromatic carbocycles. The largest absolute Gasteiger partial charge is 0.285 e. The fraction of sp³-hybridized carbons (Fsp3) is 0. The summed E-state index contributed by atoms with van der Waals surface area (Å²) in [6.07, 6.45) is 0. The second kappa shape index (κ2) is 13.9. The summed E-state index contributed by atoms with van der Waals surface area (Å²) in [6.45, 7) is 0. The molecule has 5 rings (SSSR count). The van der Waals surface area contributed by atoms with Gasteiger partial charge in [-0.1, -0.05) is 70.7 Å². The van der Waals surface area contributed by atoms with E-state index in [1.54, 1.807) is 72.8 Å². The Morgan fingerprint density at radius 1 is 0.476 bits per heavy atom. The Hall–Kier alpha value is -4.56. The van der Waals surface area contributed by atoms with Crippen LogP contribution in [0.1, 0.15) is 32.1 Å². The summed E-state index contributed by atoms with van der Waals surface area (Å²) in [6, 6.07) is 30.3. The van der Waals surface area contributed by atoms with Gasteiger partial charge in [0.05, 0.1) is 11.4 Å². The Morgan fingerprint density at radius 2 is 0.738 bits per heavy atom. The van der Waals surface area contributed by atoms with Gasteiger partial charge in [0, 0.05) is 42.3 Å². The maximum atomic E-state index is 11.9. The summed E-state index contributed by atoms with van der Waals surface area (Å²) < 4.78 is 0. The minimum absolute atomic E-state index is 0.0137. The monoisotopic (exact) mass is 628 g/mol. The first kappa shape index (κ1) is 30.4. The molecule has 0 aliphatic heterocycles. The van der Waals surface area contributed by atoms with Gasteiger partial charge in [0.25, 0.3) is 0 Å². The molecule has 0 aliphatic rings. The molecule has 0 spiro atoms. The molecule has 6 nitrogen and oxygen atoms in total. The first-order valence-electron chi connectivity index (χ1n) is 12.0. The number of carbonyl (C=O) groups excluding carboxylic acids is 2. The summed E-state index contributed by atoms with van der Waals surface area (Å²) in [4.78, 5) is 32.5. The number of nitrogens with zero attached hydrogens (tertiary/aromatic N) is 4. The molecule has 0 atom stereocenters. The van der Waals surface area contributed by atoms with Gasteiger partial charge in [-0.3, -0.25) is 9.59 Å². The number of halogens is 4. The van der Waals surface area contributed by atoms with Crippen molar-refractivity contribution in [2.75, 3.05) is 0 Å². The van der Waals surface area contributed by atoms with Gasteiger partial charge >= 0.3 is 0 Å². The third kappa shape index (κ3) is 7.39. The number of rotatable bonds is 5. The third-order valence-corrected chi connectivity index (χ3v) is 6.77. The first-order chi connectivity index (χ1) is 20.2. The Morgan fingerprint density at radius 3 is 1.00 bits per heavy atom. The molecule has 0 radical (unpaired) electrons. The quantitative estimate of drug-likeness (QED) is 0.142. The molecule has 0 aliphatic carbocycles. The minimum atomic E-state index is -0.561. The van der Waals surface area contributed by atoms with Crippen LogP contribution in [-0.2, 0) is 0 Å². The summed E-state index contributed by atoms with van der Waals surface area (Å²) in [5.41, 5.74) is 3.11. The molecule has 0 fully saturated rings. The van der Waals surface area contributed by atoms with Crippen LogP contribution >= 0.6 is 46.4 Å². The molecule has 0 amide bonds. The highest BCUT2D eigenvalue weighted by molar-refractivity contribution is 6.49. The SMILES string of the molecule is N#Cc1nc(-c2ccc(Cl)cc2)c(-c2ccc(Cl)cc2)nc1C#N.O=C(C(=O)c1ccc(Cl)cc1)c1ccc(Cl)cc1. The number of carbonyl (C=O) groups is 2. The number of benzene rings is 4. The van der Waals surface area contributed by atoms with Crippen LogP contribution in [-0.4, -0.2) is 21.5 Å². The predicted octanol–water partition coefficient (Wildman–Crippen LogP) is 8.92. The molecule has 5 aromatic rings. The van der Waals surface area contributed by atoms with Gasteiger partial charge in [-0.2, -0.15) is 10.5 Å². The first-order valence-corrected chi connectivity index (χ1v) is 13.6. The van der Waals surface area contributed by atoms with E-state index in [-0.39, 0.29) is 11.4 Å². The molecular weight excluding hydrogens is 614 g/mol. The lowest BCUT2D eigenvalue weighted by Gasteiger charge is -2.10. The van der Waals surface area contributed by atoms with Crippen LogP contribution in [0.25, 0.3) is 22.5 Å². The second-order valence-corrected chi connectivity index (χ2v) is 10.3. The van der Waals surface area contributed by atoms with Crippen LogP contribution in [0.4, 0.5) is 0 Å². The third-order valence-electron chi connectivity index (χ3n) is 5.76. The molecule has 204 valence electrons. The number of ketones is 2. The average molecular weight is 630 g/mol. The molecule has 1 aromatic heterocycles. The van der Waals surface area contributed by atoms with Crippen LogP contribution in [0.2, 0.25) is 20.1 Å². The fourth-order valence-electron chi connectivity index (χ4n) is 3.67. The van der Waals surface area contributed by atoms with E-state index in [1.165, 1.54) is 24.3 Å². The van der Waals surface area contributed by atoms with Gasteiger partial charge in [-0.15, -0.1) is 0 Å². The van der Waals surface area contributed by atoms with Crippen LogP contribution in [0.3, 0.4) is 0 Å².